The van der Waals surface area contributed by atoms with Gasteiger partial charge in [-0.25, -0.2) is 9.37 Å². The van der Waals surface area contributed by atoms with Gasteiger partial charge in [-0.1, -0.05) is 33.0 Å². The van der Waals surface area contributed by atoms with E-state index in [9.17, 15) is 4.39 Å². The van der Waals surface area contributed by atoms with E-state index in [1.807, 2.05) is 19.9 Å². The van der Waals surface area contributed by atoms with E-state index in [2.05, 4.69) is 30.7 Å². The van der Waals surface area contributed by atoms with Gasteiger partial charge in [0.2, 0.25) is 0 Å². The third-order valence-electron chi connectivity index (χ3n) is 3.19. The van der Waals surface area contributed by atoms with E-state index < -0.39 is 0 Å². The summed E-state index contributed by atoms with van der Waals surface area (Å²) < 4.78 is 14.2. The van der Waals surface area contributed by atoms with Gasteiger partial charge in [0.05, 0.1) is 5.69 Å². The average molecular weight is 290 g/mol. The summed E-state index contributed by atoms with van der Waals surface area (Å²) >= 11 is 5.34. The number of halogens is 1. The van der Waals surface area contributed by atoms with Crippen LogP contribution in [0.25, 0.3) is 11.3 Å². The molecule has 20 heavy (non-hydrogen) atoms. The topological polar surface area (TPSA) is 28.7 Å². The summed E-state index contributed by atoms with van der Waals surface area (Å²) in [6.45, 7) is 9.99. The SMILES string of the molecule is Cc1cc(F)cc(-c2[nH]c(C(C)(C)C)nc(=S)c2C)c1. The van der Waals surface area contributed by atoms with Crippen molar-refractivity contribution in [3.05, 3.63) is 45.6 Å². The maximum absolute atomic E-state index is 13.6. The minimum Gasteiger partial charge on any atom is -0.342 e. The second-order valence-electron chi connectivity index (χ2n) is 6.16. The minimum absolute atomic E-state index is 0.140. The molecule has 0 bridgehead atoms. The Labute approximate surface area is 124 Å². The zero-order chi connectivity index (χ0) is 15.1. The Morgan fingerprint density at radius 1 is 1.15 bits per heavy atom. The molecule has 2 rings (SSSR count). The fraction of sp³-hybridized carbons (Fsp3) is 0.375. The van der Waals surface area contributed by atoms with Crippen molar-refractivity contribution in [2.45, 2.75) is 40.0 Å². The molecule has 1 N–H and O–H groups in total. The lowest BCUT2D eigenvalue weighted by molar-refractivity contribution is 0.544. The summed E-state index contributed by atoms with van der Waals surface area (Å²) in [4.78, 5) is 7.76. The summed E-state index contributed by atoms with van der Waals surface area (Å²) in [6.07, 6.45) is 0. The standard InChI is InChI=1S/C16H19FN2S/c1-9-6-11(8-12(17)7-9)13-10(2)14(20)19-15(18-13)16(3,4)5/h6-8H,1-5H3,(H,18,19,20). The van der Waals surface area contributed by atoms with E-state index in [1.165, 1.54) is 12.1 Å². The summed E-state index contributed by atoms with van der Waals surface area (Å²) in [5, 5.41) is 0. The van der Waals surface area contributed by atoms with E-state index in [0.29, 0.717) is 4.64 Å². The maximum Gasteiger partial charge on any atom is 0.133 e. The lowest BCUT2D eigenvalue weighted by Crippen LogP contribution is -2.17. The average Bonchev–Trinajstić information content (AvgIpc) is 2.29. The van der Waals surface area contributed by atoms with Crippen LogP contribution in [0.1, 0.15) is 37.7 Å². The molecule has 1 aromatic heterocycles. The van der Waals surface area contributed by atoms with Gasteiger partial charge in [0, 0.05) is 16.5 Å². The molecular weight excluding hydrogens is 271 g/mol. The van der Waals surface area contributed by atoms with Gasteiger partial charge in [-0.3, -0.25) is 0 Å². The van der Waals surface area contributed by atoms with Crippen LogP contribution in [-0.4, -0.2) is 9.97 Å². The number of rotatable bonds is 1. The number of nitrogens with one attached hydrogen (secondary N) is 1. The number of nitrogens with zero attached hydrogens (tertiary/aromatic N) is 1. The van der Waals surface area contributed by atoms with Crippen molar-refractivity contribution in [3.63, 3.8) is 0 Å². The van der Waals surface area contributed by atoms with Crippen LogP contribution in [0.2, 0.25) is 0 Å². The molecule has 0 unspecified atom stereocenters. The molecule has 0 saturated carbocycles. The van der Waals surface area contributed by atoms with Gasteiger partial charge in [-0.15, -0.1) is 0 Å². The first kappa shape index (κ1) is 14.9. The van der Waals surface area contributed by atoms with Crippen LogP contribution in [0.4, 0.5) is 4.39 Å². The van der Waals surface area contributed by atoms with Crippen LogP contribution >= 0.6 is 12.2 Å². The third-order valence-corrected chi connectivity index (χ3v) is 3.59. The molecule has 4 heteroatoms. The van der Waals surface area contributed by atoms with Crippen molar-refractivity contribution in [2.24, 2.45) is 0 Å². The monoisotopic (exact) mass is 290 g/mol. The van der Waals surface area contributed by atoms with E-state index in [1.54, 1.807) is 0 Å². The first-order chi connectivity index (χ1) is 9.18. The van der Waals surface area contributed by atoms with Crippen LogP contribution in [0.15, 0.2) is 18.2 Å². The van der Waals surface area contributed by atoms with Gasteiger partial charge < -0.3 is 4.98 Å². The van der Waals surface area contributed by atoms with Crippen LogP contribution in [-0.2, 0) is 5.41 Å². The molecule has 0 aliphatic carbocycles. The summed E-state index contributed by atoms with van der Waals surface area (Å²) in [7, 11) is 0. The Bertz CT molecular complexity index is 691. The lowest BCUT2D eigenvalue weighted by Gasteiger charge is -2.20. The highest BCUT2D eigenvalue weighted by molar-refractivity contribution is 7.71. The predicted molar refractivity (Wildman–Crippen MR) is 83.0 cm³/mol. The zero-order valence-electron chi connectivity index (χ0n) is 12.5. The van der Waals surface area contributed by atoms with Gasteiger partial charge in [-0.05, 0) is 37.6 Å². The Morgan fingerprint density at radius 3 is 2.35 bits per heavy atom. The van der Waals surface area contributed by atoms with Crippen LogP contribution in [0.5, 0.6) is 0 Å². The smallest absolute Gasteiger partial charge is 0.133 e. The van der Waals surface area contributed by atoms with Crippen molar-refractivity contribution in [2.75, 3.05) is 0 Å². The maximum atomic E-state index is 13.6. The molecule has 0 aliphatic heterocycles. The van der Waals surface area contributed by atoms with E-state index in [4.69, 9.17) is 12.2 Å². The Balaban J connectivity index is 2.73. The molecule has 0 fully saturated rings. The molecule has 2 nitrogen and oxygen atoms in total. The number of benzene rings is 1. The number of aromatic nitrogens is 2. The predicted octanol–water partition coefficient (Wildman–Crippen LogP) is 4.86. The molecule has 2 aromatic rings. The summed E-state index contributed by atoms with van der Waals surface area (Å²) in [6, 6.07) is 4.98. The molecule has 1 heterocycles. The second-order valence-corrected chi connectivity index (χ2v) is 6.54. The molecular formula is C16H19FN2S. The number of hydrogen-bond acceptors (Lipinski definition) is 2. The fourth-order valence-electron chi connectivity index (χ4n) is 2.06. The van der Waals surface area contributed by atoms with Crippen LogP contribution in [0, 0.1) is 24.3 Å². The van der Waals surface area contributed by atoms with Crippen molar-refractivity contribution < 1.29 is 4.39 Å². The highest BCUT2D eigenvalue weighted by Crippen LogP contribution is 2.27. The molecule has 0 radical (unpaired) electrons. The molecule has 0 saturated heterocycles. The van der Waals surface area contributed by atoms with Crippen molar-refractivity contribution >= 4 is 12.2 Å². The van der Waals surface area contributed by atoms with Crippen LogP contribution < -0.4 is 0 Å². The largest absolute Gasteiger partial charge is 0.342 e. The highest BCUT2D eigenvalue weighted by Gasteiger charge is 2.19. The summed E-state index contributed by atoms with van der Waals surface area (Å²) in [5.74, 6) is 0.567. The quantitative estimate of drug-likeness (QED) is 0.760. The Hall–Kier alpha value is -1.55. The van der Waals surface area contributed by atoms with Crippen molar-refractivity contribution in [1.82, 2.24) is 9.97 Å². The number of aromatic amines is 1. The molecule has 0 atom stereocenters. The van der Waals surface area contributed by atoms with Crippen molar-refractivity contribution in [1.29, 1.82) is 0 Å². The lowest BCUT2D eigenvalue weighted by atomic mass is 9.95. The summed E-state index contributed by atoms with van der Waals surface area (Å²) in [5.41, 5.74) is 3.26. The minimum atomic E-state index is -0.243. The van der Waals surface area contributed by atoms with Gasteiger partial charge >= 0.3 is 0 Å². The second kappa shape index (κ2) is 5.09. The van der Waals surface area contributed by atoms with E-state index >= 15 is 0 Å². The Kier molecular flexibility index (Phi) is 3.78. The van der Waals surface area contributed by atoms with Gasteiger partial charge in [0.15, 0.2) is 0 Å². The van der Waals surface area contributed by atoms with E-state index in [0.717, 1.165) is 28.2 Å². The number of hydrogen-bond donors (Lipinski definition) is 1. The van der Waals surface area contributed by atoms with Gasteiger partial charge in [0.1, 0.15) is 16.3 Å². The first-order valence-electron chi connectivity index (χ1n) is 6.57. The molecule has 106 valence electrons. The van der Waals surface area contributed by atoms with Gasteiger partial charge in [0.25, 0.3) is 0 Å². The van der Waals surface area contributed by atoms with Crippen molar-refractivity contribution in [3.8, 4) is 11.3 Å². The molecule has 0 aliphatic rings. The fourth-order valence-corrected chi connectivity index (χ4v) is 2.25. The zero-order valence-corrected chi connectivity index (χ0v) is 13.3. The highest BCUT2D eigenvalue weighted by atomic mass is 32.1. The molecule has 0 amide bonds. The normalized spacial score (nSPS) is 11.7. The first-order valence-corrected chi connectivity index (χ1v) is 6.98. The Morgan fingerprint density at radius 2 is 1.80 bits per heavy atom. The van der Waals surface area contributed by atoms with E-state index in [-0.39, 0.29) is 11.2 Å². The van der Waals surface area contributed by atoms with Crippen LogP contribution in [0.3, 0.4) is 0 Å². The number of aryl methyl sites for hydroxylation is 1. The number of H-pyrrole nitrogens is 1. The molecule has 0 spiro atoms. The molecule has 1 aromatic carbocycles. The third kappa shape index (κ3) is 2.96. The van der Waals surface area contributed by atoms with Gasteiger partial charge in [-0.2, -0.15) is 0 Å².